The van der Waals surface area contributed by atoms with Gasteiger partial charge >= 0.3 is 0 Å². The molecule has 1 aromatic carbocycles. The first-order chi connectivity index (χ1) is 6.62. The predicted octanol–water partition coefficient (Wildman–Crippen LogP) is 2.35. The van der Waals surface area contributed by atoms with Gasteiger partial charge in [-0.15, -0.1) is 0 Å². The largest absolute Gasteiger partial charge is 0.344 e. The van der Waals surface area contributed by atoms with Crippen molar-refractivity contribution in [3.63, 3.8) is 0 Å². The van der Waals surface area contributed by atoms with E-state index >= 15 is 0 Å². The molecule has 2 rings (SSSR count). The smallest absolute Gasteiger partial charge is 0.192 e. The number of hydrogen-bond acceptors (Lipinski definition) is 2. The lowest BCUT2D eigenvalue weighted by molar-refractivity contribution is -0.149. The fourth-order valence-electron chi connectivity index (χ4n) is 1.61. The van der Waals surface area contributed by atoms with E-state index in [0.717, 1.165) is 5.56 Å². The molecule has 0 aromatic heterocycles. The van der Waals surface area contributed by atoms with Crippen LogP contribution in [0.1, 0.15) is 18.1 Å². The maximum Gasteiger partial charge on any atom is 0.192 e. The Kier molecular flexibility index (Phi) is 2.29. The summed E-state index contributed by atoms with van der Waals surface area (Å²) < 4.78 is 24.0. The van der Waals surface area contributed by atoms with Crippen LogP contribution in [-0.2, 0) is 15.3 Å². The molecule has 0 N–H and O–H groups in total. The summed E-state index contributed by atoms with van der Waals surface area (Å²) in [7, 11) is 0. The zero-order chi connectivity index (χ0) is 10.2. The summed E-state index contributed by atoms with van der Waals surface area (Å²) in [6.07, 6.45) is 0. The highest BCUT2D eigenvalue weighted by Gasteiger charge is 2.33. The summed E-state index contributed by atoms with van der Waals surface area (Å²) in [6.45, 7) is 4.77. The van der Waals surface area contributed by atoms with E-state index in [4.69, 9.17) is 9.47 Å². The van der Waals surface area contributed by atoms with E-state index in [9.17, 15) is 4.39 Å². The average Bonchev–Trinajstić information content (AvgIpc) is 2.58. The summed E-state index contributed by atoms with van der Waals surface area (Å²) >= 11 is 0. The summed E-state index contributed by atoms with van der Waals surface area (Å²) in [5, 5.41) is 0. The van der Waals surface area contributed by atoms with E-state index < -0.39 is 5.79 Å². The third kappa shape index (κ3) is 1.53. The van der Waals surface area contributed by atoms with E-state index in [1.165, 1.54) is 6.07 Å². The van der Waals surface area contributed by atoms with Gasteiger partial charge in [0.2, 0.25) is 0 Å². The van der Waals surface area contributed by atoms with Crippen molar-refractivity contribution in [3.05, 3.63) is 35.1 Å². The number of benzene rings is 1. The van der Waals surface area contributed by atoms with E-state index in [1.54, 1.807) is 19.1 Å². The molecule has 1 aliphatic rings. The Morgan fingerprint density at radius 2 is 1.93 bits per heavy atom. The molecule has 1 aromatic rings. The first-order valence-corrected chi connectivity index (χ1v) is 4.66. The number of halogens is 1. The summed E-state index contributed by atoms with van der Waals surface area (Å²) in [6, 6.07) is 4.91. The SMILES string of the molecule is Cc1cc(C2(C)OCCO2)ccc1F. The van der Waals surface area contributed by atoms with Crippen LogP contribution in [-0.4, -0.2) is 13.2 Å². The van der Waals surface area contributed by atoms with Gasteiger partial charge in [0.1, 0.15) is 5.82 Å². The van der Waals surface area contributed by atoms with Crippen LogP contribution < -0.4 is 0 Å². The molecule has 1 aliphatic heterocycles. The molecule has 1 saturated heterocycles. The highest BCUT2D eigenvalue weighted by atomic mass is 19.1. The van der Waals surface area contributed by atoms with Crippen molar-refractivity contribution < 1.29 is 13.9 Å². The highest BCUT2D eigenvalue weighted by Crippen LogP contribution is 2.31. The van der Waals surface area contributed by atoms with Gasteiger partial charge in [-0.2, -0.15) is 0 Å². The zero-order valence-corrected chi connectivity index (χ0v) is 8.34. The molecule has 0 spiro atoms. The Bertz CT molecular complexity index is 343. The lowest BCUT2D eigenvalue weighted by Crippen LogP contribution is -2.22. The van der Waals surface area contributed by atoms with Crippen LogP contribution in [0.15, 0.2) is 18.2 Å². The van der Waals surface area contributed by atoms with Gasteiger partial charge in [-0.05, 0) is 31.5 Å². The molecule has 0 aliphatic carbocycles. The molecule has 76 valence electrons. The molecule has 1 fully saturated rings. The molecule has 0 atom stereocenters. The lowest BCUT2D eigenvalue weighted by Gasteiger charge is -2.23. The molecule has 3 heteroatoms. The van der Waals surface area contributed by atoms with Crippen molar-refractivity contribution in [2.75, 3.05) is 13.2 Å². The van der Waals surface area contributed by atoms with Gasteiger partial charge in [0.25, 0.3) is 0 Å². The standard InChI is InChI=1S/C11H13FO2/c1-8-7-9(3-4-10(8)12)11(2)13-5-6-14-11/h3-4,7H,5-6H2,1-2H3. The van der Waals surface area contributed by atoms with Gasteiger partial charge in [-0.3, -0.25) is 0 Å². The number of ether oxygens (including phenoxy) is 2. The fourth-order valence-corrected chi connectivity index (χ4v) is 1.61. The van der Waals surface area contributed by atoms with Crippen molar-refractivity contribution in [2.45, 2.75) is 19.6 Å². The second kappa shape index (κ2) is 3.33. The van der Waals surface area contributed by atoms with Gasteiger partial charge in [0.05, 0.1) is 13.2 Å². The Balaban J connectivity index is 2.36. The average molecular weight is 196 g/mol. The monoisotopic (exact) mass is 196 g/mol. The molecule has 0 unspecified atom stereocenters. The van der Waals surface area contributed by atoms with E-state index in [1.807, 2.05) is 6.92 Å². The molecular weight excluding hydrogens is 183 g/mol. The zero-order valence-electron chi connectivity index (χ0n) is 8.34. The first kappa shape index (κ1) is 9.62. The van der Waals surface area contributed by atoms with E-state index in [-0.39, 0.29) is 5.82 Å². The Morgan fingerprint density at radius 1 is 1.29 bits per heavy atom. The van der Waals surface area contributed by atoms with Crippen molar-refractivity contribution >= 4 is 0 Å². The van der Waals surface area contributed by atoms with Crippen molar-refractivity contribution in [1.82, 2.24) is 0 Å². The van der Waals surface area contributed by atoms with Crippen LogP contribution in [0.4, 0.5) is 4.39 Å². The number of aryl methyl sites for hydroxylation is 1. The van der Waals surface area contributed by atoms with Crippen LogP contribution in [0, 0.1) is 12.7 Å². The topological polar surface area (TPSA) is 18.5 Å². The van der Waals surface area contributed by atoms with Crippen molar-refractivity contribution in [3.8, 4) is 0 Å². The highest BCUT2D eigenvalue weighted by molar-refractivity contribution is 5.27. The Morgan fingerprint density at radius 3 is 2.50 bits per heavy atom. The predicted molar refractivity (Wildman–Crippen MR) is 50.4 cm³/mol. The summed E-state index contributed by atoms with van der Waals surface area (Å²) in [5.74, 6) is -0.895. The molecule has 1 heterocycles. The minimum Gasteiger partial charge on any atom is -0.344 e. The minimum atomic E-state index is -0.696. The van der Waals surface area contributed by atoms with Gasteiger partial charge in [0.15, 0.2) is 5.79 Å². The molecule has 0 saturated carbocycles. The Hall–Kier alpha value is -0.930. The molecular formula is C11H13FO2. The van der Waals surface area contributed by atoms with Gasteiger partial charge in [0, 0.05) is 5.56 Å². The van der Waals surface area contributed by atoms with Crippen molar-refractivity contribution in [2.24, 2.45) is 0 Å². The second-order valence-electron chi connectivity index (χ2n) is 3.61. The molecule has 0 amide bonds. The maximum absolute atomic E-state index is 13.0. The van der Waals surface area contributed by atoms with Crippen LogP contribution >= 0.6 is 0 Å². The minimum absolute atomic E-state index is 0.199. The molecule has 14 heavy (non-hydrogen) atoms. The normalized spacial score (nSPS) is 19.9. The van der Waals surface area contributed by atoms with Crippen LogP contribution in [0.5, 0.6) is 0 Å². The van der Waals surface area contributed by atoms with E-state index in [0.29, 0.717) is 18.8 Å². The number of hydrogen-bond donors (Lipinski definition) is 0. The molecule has 2 nitrogen and oxygen atoms in total. The lowest BCUT2D eigenvalue weighted by atomic mass is 10.0. The van der Waals surface area contributed by atoms with Crippen LogP contribution in [0.2, 0.25) is 0 Å². The van der Waals surface area contributed by atoms with E-state index in [2.05, 4.69) is 0 Å². The van der Waals surface area contributed by atoms with Gasteiger partial charge < -0.3 is 9.47 Å². The summed E-state index contributed by atoms with van der Waals surface area (Å²) in [4.78, 5) is 0. The molecule has 0 radical (unpaired) electrons. The second-order valence-corrected chi connectivity index (χ2v) is 3.61. The van der Waals surface area contributed by atoms with Crippen molar-refractivity contribution in [1.29, 1.82) is 0 Å². The van der Waals surface area contributed by atoms with Crippen LogP contribution in [0.3, 0.4) is 0 Å². The first-order valence-electron chi connectivity index (χ1n) is 4.66. The maximum atomic E-state index is 13.0. The van der Waals surface area contributed by atoms with Gasteiger partial charge in [-0.1, -0.05) is 6.07 Å². The quantitative estimate of drug-likeness (QED) is 0.686. The number of rotatable bonds is 1. The Labute approximate surface area is 82.6 Å². The fraction of sp³-hybridized carbons (Fsp3) is 0.455. The van der Waals surface area contributed by atoms with Gasteiger partial charge in [-0.25, -0.2) is 4.39 Å². The molecule has 0 bridgehead atoms. The third-order valence-corrected chi connectivity index (χ3v) is 2.52. The van der Waals surface area contributed by atoms with Crippen LogP contribution in [0.25, 0.3) is 0 Å². The summed E-state index contributed by atoms with van der Waals surface area (Å²) in [5.41, 5.74) is 1.48. The third-order valence-electron chi connectivity index (χ3n) is 2.52.